The maximum atomic E-state index is 13.4. The second-order valence-corrected chi connectivity index (χ2v) is 7.75. The van der Waals surface area contributed by atoms with Crippen LogP contribution in [0.15, 0.2) is 16.7 Å². The Morgan fingerprint density at radius 2 is 1.85 bits per heavy atom. The third-order valence-corrected chi connectivity index (χ3v) is 5.81. The van der Waals surface area contributed by atoms with Gasteiger partial charge in [0.25, 0.3) is 5.91 Å². The number of piperidine rings is 1. The summed E-state index contributed by atoms with van der Waals surface area (Å²) < 4.78 is 69.6. The molecule has 10 heteroatoms. The van der Waals surface area contributed by atoms with E-state index in [1.165, 1.54) is 24.0 Å². The zero-order valence-electron chi connectivity index (χ0n) is 14.6. The van der Waals surface area contributed by atoms with Crippen LogP contribution in [-0.4, -0.2) is 35.0 Å². The van der Waals surface area contributed by atoms with Crippen molar-refractivity contribution in [2.24, 2.45) is 5.92 Å². The molecule has 1 saturated heterocycles. The van der Waals surface area contributed by atoms with Crippen molar-refractivity contribution in [2.45, 2.75) is 38.8 Å². The van der Waals surface area contributed by atoms with Crippen LogP contribution in [0.1, 0.15) is 40.8 Å². The van der Waals surface area contributed by atoms with E-state index in [1.54, 1.807) is 0 Å². The molecule has 0 aliphatic carbocycles. The summed E-state index contributed by atoms with van der Waals surface area (Å²) in [5.41, 5.74) is -0.106. The van der Waals surface area contributed by atoms with Crippen LogP contribution < -0.4 is 0 Å². The van der Waals surface area contributed by atoms with Gasteiger partial charge < -0.3 is 9.42 Å². The van der Waals surface area contributed by atoms with Crippen molar-refractivity contribution in [1.82, 2.24) is 10.1 Å². The number of carbonyl (C=O) groups is 1. The van der Waals surface area contributed by atoms with Crippen LogP contribution in [0.3, 0.4) is 0 Å². The number of carbonyl (C=O) groups excluding carboxylic acids is 1. The Bertz CT molecular complexity index is 829. The highest BCUT2D eigenvalue weighted by molar-refractivity contribution is 7.17. The summed E-state index contributed by atoms with van der Waals surface area (Å²) in [5.74, 6) is -5.01. The highest BCUT2D eigenvalue weighted by Gasteiger charge is 2.40. The largest absolute Gasteiger partial charge is 0.452 e. The van der Waals surface area contributed by atoms with Crippen LogP contribution in [0.5, 0.6) is 0 Å². The van der Waals surface area contributed by atoms with Crippen LogP contribution in [0.2, 0.25) is 0 Å². The molecule has 3 heterocycles. The zero-order valence-corrected chi connectivity index (χ0v) is 15.4. The molecule has 3 rings (SSSR count). The van der Waals surface area contributed by atoms with Gasteiger partial charge in [-0.15, -0.1) is 11.3 Å². The molecule has 2 aromatic rings. The maximum absolute atomic E-state index is 13.4. The van der Waals surface area contributed by atoms with Gasteiger partial charge in [0.2, 0.25) is 11.7 Å². The number of aromatic nitrogens is 1. The van der Waals surface area contributed by atoms with E-state index in [0.29, 0.717) is 9.75 Å². The van der Waals surface area contributed by atoms with Gasteiger partial charge in [0.05, 0.1) is 9.75 Å². The summed E-state index contributed by atoms with van der Waals surface area (Å²) in [5, 5.41) is 3.48. The molecule has 0 bridgehead atoms. The number of hydrogen-bond acceptors (Lipinski definition) is 4. The molecule has 148 valence electrons. The summed E-state index contributed by atoms with van der Waals surface area (Å²) >= 11 is 1.00. The predicted molar refractivity (Wildman–Crippen MR) is 88.8 cm³/mol. The van der Waals surface area contributed by atoms with Gasteiger partial charge >= 0.3 is 6.18 Å². The van der Waals surface area contributed by atoms with Gasteiger partial charge in [-0.05, 0) is 38.8 Å². The van der Waals surface area contributed by atoms with E-state index in [2.05, 4.69) is 9.68 Å². The van der Waals surface area contributed by atoms with Crippen LogP contribution in [-0.2, 0) is 6.18 Å². The number of nitrogens with zero attached hydrogens (tertiary/aromatic N) is 2. The smallest absolute Gasteiger partial charge is 0.351 e. The van der Waals surface area contributed by atoms with Crippen LogP contribution in [0, 0.1) is 12.8 Å². The average Bonchev–Trinajstić information content (AvgIpc) is 3.19. The molecule has 0 N–H and O–H groups in total. The molecule has 0 saturated carbocycles. The molecule has 1 amide bonds. The third-order valence-electron chi connectivity index (χ3n) is 4.73. The Kier molecular flexibility index (Phi) is 5.04. The van der Waals surface area contributed by atoms with Crippen molar-refractivity contribution in [1.29, 1.82) is 0 Å². The average molecular weight is 408 g/mol. The first-order chi connectivity index (χ1) is 12.5. The quantitative estimate of drug-likeness (QED) is 0.653. The van der Waals surface area contributed by atoms with Gasteiger partial charge in [-0.3, -0.25) is 4.79 Å². The van der Waals surface area contributed by atoms with E-state index in [-0.39, 0.29) is 43.1 Å². The lowest BCUT2D eigenvalue weighted by Crippen LogP contribution is -2.42. The summed E-state index contributed by atoms with van der Waals surface area (Å²) in [6.45, 7) is 2.59. The molecule has 27 heavy (non-hydrogen) atoms. The Balaban J connectivity index is 1.73. The van der Waals surface area contributed by atoms with Crippen molar-refractivity contribution in [3.05, 3.63) is 28.3 Å². The normalized spacial score (nSPS) is 16.8. The fraction of sp³-hybridized carbons (Fsp3) is 0.529. The van der Waals surface area contributed by atoms with E-state index in [0.717, 1.165) is 18.3 Å². The molecule has 1 fully saturated rings. The number of halogens is 5. The van der Waals surface area contributed by atoms with E-state index >= 15 is 0 Å². The minimum atomic E-state index is -4.64. The Morgan fingerprint density at radius 3 is 2.37 bits per heavy atom. The van der Waals surface area contributed by atoms with Crippen molar-refractivity contribution in [3.63, 3.8) is 0 Å². The van der Waals surface area contributed by atoms with Crippen molar-refractivity contribution in [3.8, 4) is 10.6 Å². The molecule has 0 atom stereocenters. The van der Waals surface area contributed by atoms with Crippen molar-refractivity contribution < 1.29 is 31.3 Å². The maximum Gasteiger partial charge on any atom is 0.452 e. The minimum Gasteiger partial charge on any atom is -0.351 e. The van der Waals surface area contributed by atoms with Gasteiger partial charge in [-0.25, -0.2) is 8.78 Å². The first-order valence-corrected chi connectivity index (χ1v) is 9.11. The SMILES string of the molecule is Cc1c(-c2ccc(C(=O)N3CCC(C(C)(F)F)CC3)s2)noc1C(F)(F)F. The summed E-state index contributed by atoms with van der Waals surface area (Å²) in [6, 6.07) is 3.01. The van der Waals surface area contributed by atoms with Gasteiger partial charge in [-0.1, -0.05) is 5.16 Å². The second kappa shape index (κ2) is 6.88. The van der Waals surface area contributed by atoms with E-state index < -0.39 is 23.8 Å². The predicted octanol–water partition coefficient (Wildman–Crippen LogP) is 5.24. The van der Waals surface area contributed by atoms with Gasteiger partial charge in [0.1, 0.15) is 5.69 Å². The fourth-order valence-electron chi connectivity index (χ4n) is 3.16. The molecular formula is C17H17F5N2O2S. The second-order valence-electron chi connectivity index (χ2n) is 6.67. The molecule has 4 nitrogen and oxygen atoms in total. The standard InChI is InChI=1S/C17H17F5N2O2S/c1-9-13(23-26-14(9)17(20,21)22)11-3-4-12(27-11)15(25)24-7-5-10(6-8-24)16(2,18)19/h3-4,10H,5-8H2,1-2H3. The van der Waals surface area contributed by atoms with Gasteiger partial charge in [0.15, 0.2) is 0 Å². The van der Waals surface area contributed by atoms with Gasteiger partial charge in [0, 0.05) is 24.6 Å². The molecule has 0 radical (unpaired) electrons. The molecule has 0 spiro atoms. The lowest BCUT2D eigenvalue weighted by atomic mass is 9.91. The molecular weight excluding hydrogens is 391 g/mol. The van der Waals surface area contributed by atoms with Crippen LogP contribution >= 0.6 is 11.3 Å². The Morgan fingerprint density at radius 1 is 1.22 bits per heavy atom. The first-order valence-electron chi connectivity index (χ1n) is 8.29. The van der Waals surface area contributed by atoms with E-state index in [9.17, 15) is 26.7 Å². The Labute approximate surface area is 155 Å². The lowest BCUT2D eigenvalue weighted by Gasteiger charge is -2.34. The van der Waals surface area contributed by atoms with Crippen molar-refractivity contribution in [2.75, 3.05) is 13.1 Å². The Hall–Kier alpha value is -1.97. The first kappa shape index (κ1) is 19.8. The number of likely N-dealkylation sites (tertiary alicyclic amines) is 1. The molecule has 1 aliphatic heterocycles. The topological polar surface area (TPSA) is 46.3 Å². The van der Waals surface area contributed by atoms with Crippen LogP contribution in [0.25, 0.3) is 10.6 Å². The number of thiophene rings is 1. The summed E-state index contributed by atoms with van der Waals surface area (Å²) in [7, 11) is 0. The molecule has 0 aromatic carbocycles. The highest BCUT2D eigenvalue weighted by atomic mass is 32.1. The highest BCUT2D eigenvalue weighted by Crippen LogP contribution is 2.39. The fourth-order valence-corrected chi connectivity index (χ4v) is 4.17. The monoisotopic (exact) mass is 408 g/mol. The summed E-state index contributed by atoms with van der Waals surface area (Å²) in [4.78, 5) is 14.8. The summed E-state index contributed by atoms with van der Waals surface area (Å²) in [6.07, 6.45) is -4.22. The number of amides is 1. The number of rotatable bonds is 3. The van der Waals surface area contributed by atoms with Crippen LogP contribution in [0.4, 0.5) is 22.0 Å². The minimum absolute atomic E-state index is 0.0377. The number of alkyl halides is 5. The third kappa shape index (κ3) is 3.99. The molecule has 2 aromatic heterocycles. The van der Waals surface area contributed by atoms with Gasteiger partial charge in [-0.2, -0.15) is 13.2 Å². The van der Waals surface area contributed by atoms with E-state index in [4.69, 9.17) is 0 Å². The van der Waals surface area contributed by atoms with Crippen molar-refractivity contribution >= 4 is 17.2 Å². The number of hydrogen-bond donors (Lipinski definition) is 0. The lowest BCUT2D eigenvalue weighted by molar-refractivity contribution is -0.156. The molecule has 0 unspecified atom stereocenters. The zero-order chi connectivity index (χ0) is 20.0. The van der Waals surface area contributed by atoms with E-state index in [1.807, 2.05) is 0 Å². The molecule has 1 aliphatic rings.